The fourth-order valence-corrected chi connectivity index (χ4v) is 3.35. The molecule has 3 unspecified atom stereocenters. The standard InChI is InChI=1S/C16H21BrO3/c1-11-9-19-13-6-5-12(8-15(13)20-10-11)16(17)14-4-2-3-7-18-14/h5-6,8,11,14,16H,2-4,7,9-10H2,1H3. The molecule has 1 fully saturated rings. The molecule has 0 aromatic heterocycles. The Labute approximate surface area is 128 Å². The summed E-state index contributed by atoms with van der Waals surface area (Å²) in [4.78, 5) is 0.220. The SMILES string of the molecule is CC1COc2ccc(C(Br)C3CCCCO3)cc2OC1. The second-order valence-electron chi connectivity index (χ2n) is 5.74. The number of alkyl halides is 1. The fraction of sp³-hybridized carbons (Fsp3) is 0.625. The normalized spacial score (nSPS) is 27.7. The average molecular weight is 341 g/mol. The molecule has 2 heterocycles. The van der Waals surface area contributed by atoms with Crippen LogP contribution >= 0.6 is 15.9 Å². The Bertz CT molecular complexity index is 457. The zero-order valence-corrected chi connectivity index (χ0v) is 13.4. The van der Waals surface area contributed by atoms with Gasteiger partial charge in [-0.2, -0.15) is 0 Å². The Morgan fingerprint density at radius 2 is 1.95 bits per heavy atom. The van der Waals surface area contributed by atoms with Gasteiger partial charge in [0.05, 0.1) is 24.1 Å². The van der Waals surface area contributed by atoms with Crippen LogP contribution in [0.5, 0.6) is 11.5 Å². The Hall–Kier alpha value is -0.740. The summed E-state index contributed by atoms with van der Waals surface area (Å²) in [6.45, 7) is 4.43. The van der Waals surface area contributed by atoms with Crippen LogP contribution in [0.15, 0.2) is 18.2 Å². The summed E-state index contributed by atoms with van der Waals surface area (Å²) >= 11 is 3.79. The summed E-state index contributed by atoms with van der Waals surface area (Å²) in [5.74, 6) is 2.13. The summed E-state index contributed by atoms with van der Waals surface area (Å²) in [6.07, 6.45) is 3.79. The van der Waals surface area contributed by atoms with E-state index in [1.165, 1.54) is 18.4 Å². The molecule has 1 aromatic rings. The van der Waals surface area contributed by atoms with Gasteiger partial charge in [0, 0.05) is 12.5 Å². The van der Waals surface area contributed by atoms with Crippen LogP contribution in [-0.4, -0.2) is 25.9 Å². The highest BCUT2D eigenvalue weighted by atomic mass is 79.9. The van der Waals surface area contributed by atoms with Crippen LogP contribution in [0.25, 0.3) is 0 Å². The van der Waals surface area contributed by atoms with E-state index in [1.54, 1.807) is 0 Å². The highest BCUT2D eigenvalue weighted by Gasteiger charge is 2.25. The molecule has 2 aliphatic rings. The third-order valence-electron chi connectivity index (χ3n) is 3.87. The molecule has 2 aliphatic heterocycles. The molecule has 0 spiro atoms. The predicted octanol–water partition coefficient (Wildman–Crippen LogP) is 4.10. The van der Waals surface area contributed by atoms with E-state index in [9.17, 15) is 0 Å². The fourth-order valence-electron chi connectivity index (χ4n) is 2.65. The van der Waals surface area contributed by atoms with Gasteiger partial charge in [0.15, 0.2) is 11.5 Å². The molecule has 0 aliphatic carbocycles. The Morgan fingerprint density at radius 3 is 2.70 bits per heavy atom. The van der Waals surface area contributed by atoms with E-state index in [0.717, 1.165) is 31.1 Å². The molecule has 110 valence electrons. The summed E-state index contributed by atoms with van der Waals surface area (Å²) < 4.78 is 17.5. The lowest BCUT2D eigenvalue weighted by Crippen LogP contribution is -2.23. The van der Waals surface area contributed by atoms with Crippen molar-refractivity contribution in [1.82, 2.24) is 0 Å². The number of hydrogen-bond donors (Lipinski definition) is 0. The maximum absolute atomic E-state index is 5.86. The molecule has 3 nitrogen and oxygen atoms in total. The molecular weight excluding hydrogens is 320 g/mol. The van der Waals surface area contributed by atoms with Crippen LogP contribution in [-0.2, 0) is 4.74 Å². The number of hydrogen-bond acceptors (Lipinski definition) is 3. The van der Waals surface area contributed by atoms with Crippen molar-refractivity contribution in [2.24, 2.45) is 5.92 Å². The number of ether oxygens (including phenoxy) is 3. The number of fused-ring (bicyclic) bond motifs is 1. The molecule has 1 aromatic carbocycles. The minimum atomic E-state index is 0.220. The van der Waals surface area contributed by atoms with Crippen molar-refractivity contribution in [2.45, 2.75) is 37.1 Å². The molecule has 20 heavy (non-hydrogen) atoms. The van der Waals surface area contributed by atoms with Crippen molar-refractivity contribution in [2.75, 3.05) is 19.8 Å². The summed E-state index contributed by atoms with van der Waals surface area (Å²) in [5, 5.41) is 0. The second kappa shape index (κ2) is 6.35. The lowest BCUT2D eigenvalue weighted by molar-refractivity contribution is 0.0160. The molecule has 0 radical (unpaired) electrons. The van der Waals surface area contributed by atoms with E-state index < -0.39 is 0 Å². The highest BCUT2D eigenvalue weighted by Crippen LogP contribution is 2.38. The van der Waals surface area contributed by atoms with Crippen LogP contribution < -0.4 is 9.47 Å². The van der Waals surface area contributed by atoms with Gasteiger partial charge in [-0.25, -0.2) is 0 Å². The lowest BCUT2D eigenvalue weighted by atomic mass is 10.0. The van der Waals surface area contributed by atoms with Gasteiger partial charge in [-0.05, 0) is 37.0 Å². The van der Waals surface area contributed by atoms with Crippen molar-refractivity contribution in [3.05, 3.63) is 23.8 Å². The van der Waals surface area contributed by atoms with Gasteiger partial charge < -0.3 is 14.2 Å². The van der Waals surface area contributed by atoms with Gasteiger partial charge in [0.2, 0.25) is 0 Å². The lowest BCUT2D eigenvalue weighted by Gasteiger charge is -2.27. The first-order valence-corrected chi connectivity index (χ1v) is 8.31. The zero-order valence-electron chi connectivity index (χ0n) is 11.8. The third-order valence-corrected chi connectivity index (χ3v) is 4.99. The minimum Gasteiger partial charge on any atom is -0.489 e. The van der Waals surface area contributed by atoms with Crippen molar-refractivity contribution >= 4 is 15.9 Å². The summed E-state index contributed by atoms with van der Waals surface area (Å²) in [7, 11) is 0. The minimum absolute atomic E-state index is 0.220. The van der Waals surface area contributed by atoms with Crippen molar-refractivity contribution in [3.8, 4) is 11.5 Å². The molecule has 4 heteroatoms. The first-order valence-electron chi connectivity index (χ1n) is 7.39. The molecule has 3 atom stereocenters. The van der Waals surface area contributed by atoms with Gasteiger partial charge in [0.25, 0.3) is 0 Å². The van der Waals surface area contributed by atoms with E-state index in [1.807, 2.05) is 6.07 Å². The Balaban J connectivity index is 1.77. The van der Waals surface area contributed by atoms with Gasteiger partial charge in [-0.15, -0.1) is 0 Å². The van der Waals surface area contributed by atoms with Crippen LogP contribution in [0.3, 0.4) is 0 Å². The van der Waals surface area contributed by atoms with E-state index in [-0.39, 0.29) is 10.9 Å². The van der Waals surface area contributed by atoms with Crippen LogP contribution in [0.4, 0.5) is 0 Å². The quantitative estimate of drug-likeness (QED) is 0.758. The van der Waals surface area contributed by atoms with E-state index in [2.05, 4.69) is 35.0 Å². The highest BCUT2D eigenvalue weighted by molar-refractivity contribution is 9.09. The van der Waals surface area contributed by atoms with Crippen LogP contribution in [0.1, 0.15) is 36.6 Å². The largest absolute Gasteiger partial charge is 0.489 e. The number of halogens is 1. The molecule has 0 N–H and O–H groups in total. The molecule has 3 rings (SSSR count). The molecule has 0 bridgehead atoms. The molecule has 1 saturated heterocycles. The maximum Gasteiger partial charge on any atom is 0.161 e. The van der Waals surface area contributed by atoms with Gasteiger partial charge in [-0.1, -0.05) is 28.9 Å². The third kappa shape index (κ3) is 3.12. The van der Waals surface area contributed by atoms with E-state index in [4.69, 9.17) is 14.2 Å². The molecule has 0 amide bonds. The monoisotopic (exact) mass is 340 g/mol. The van der Waals surface area contributed by atoms with Gasteiger partial charge in [-0.3, -0.25) is 0 Å². The van der Waals surface area contributed by atoms with E-state index in [0.29, 0.717) is 12.5 Å². The van der Waals surface area contributed by atoms with Crippen LogP contribution in [0.2, 0.25) is 0 Å². The number of benzene rings is 1. The maximum atomic E-state index is 5.86. The van der Waals surface area contributed by atoms with Crippen LogP contribution in [0, 0.1) is 5.92 Å². The van der Waals surface area contributed by atoms with Crippen molar-refractivity contribution in [1.29, 1.82) is 0 Å². The molecular formula is C16H21BrO3. The predicted molar refractivity (Wildman–Crippen MR) is 81.9 cm³/mol. The molecule has 0 saturated carbocycles. The van der Waals surface area contributed by atoms with Crippen molar-refractivity contribution in [3.63, 3.8) is 0 Å². The second-order valence-corrected chi connectivity index (χ2v) is 6.73. The Morgan fingerprint density at radius 1 is 1.15 bits per heavy atom. The Kier molecular flexibility index (Phi) is 4.51. The van der Waals surface area contributed by atoms with Gasteiger partial charge >= 0.3 is 0 Å². The summed E-state index contributed by atoms with van der Waals surface area (Å²) in [6, 6.07) is 6.21. The number of rotatable bonds is 2. The first kappa shape index (κ1) is 14.2. The topological polar surface area (TPSA) is 27.7 Å². The van der Waals surface area contributed by atoms with Crippen molar-refractivity contribution < 1.29 is 14.2 Å². The average Bonchev–Trinajstić information content (AvgIpc) is 2.69. The first-order chi connectivity index (χ1) is 9.74. The zero-order chi connectivity index (χ0) is 13.9. The van der Waals surface area contributed by atoms with Gasteiger partial charge in [0.1, 0.15) is 0 Å². The summed E-state index contributed by atoms with van der Waals surface area (Å²) in [5.41, 5.74) is 1.20. The smallest absolute Gasteiger partial charge is 0.161 e. The van der Waals surface area contributed by atoms with E-state index >= 15 is 0 Å².